The molecule has 1 saturated carbocycles. The summed E-state index contributed by atoms with van der Waals surface area (Å²) in [5.74, 6) is 2.03. The average Bonchev–Trinajstić information content (AvgIpc) is 3.15. The highest BCUT2D eigenvalue weighted by Gasteiger charge is 2.48. The van der Waals surface area contributed by atoms with Crippen molar-refractivity contribution in [3.05, 3.63) is 70.3 Å². The zero-order chi connectivity index (χ0) is 32.0. The van der Waals surface area contributed by atoms with Crippen LogP contribution in [0.5, 0.6) is 5.75 Å². The lowest BCUT2D eigenvalue weighted by molar-refractivity contribution is -0.00454. The maximum Gasteiger partial charge on any atom is 0.337 e. The van der Waals surface area contributed by atoms with Crippen molar-refractivity contribution in [3.8, 4) is 5.75 Å². The number of fused-ring (bicyclic) bond motifs is 3. The largest absolute Gasteiger partial charge is 0.490 e. The molecule has 0 N–H and O–H groups in total. The van der Waals surface area contributed by atoms with Gasteiger partial charge in [-0.2, -0.15) is 0 Å². The number of methoxy groups -OCH3 is 1. The van der Waals surface area contributed by atoms with Gasteiger partial charge in [-0.05, 0) is 123 Å². The molecule has 2 aromatic rings. The second-order valence-corrected chi connectivity index (χ2v) is 20.8. The number of hydrogen-bond acceptors (Lipinski definition) is 5. The van der Waals surface area contributed by atoms with E-state index in [1.807, 2.05) is 24.3 Å². The molecule has 0 unspecified atom stereocenters. The molecule has 2 aromatic carbocycles. The Kier molecular flexibility index (Phi) is 9.23. The molecular formula is C38H52ClNO4Si. The van der Waals surface area contributed by atoms with Gasteiger partial charge in [-0.25, -0.2) is 4.79 Å². The van der Waals surface area contributed by atoms with Crippen LogP contribution in [0.4, 0.5) is 5.69 Å². The number of anilines is 1. The van der Waals surface area contributed by atoms with Crippen LogP contribution >= 0.6 is 11.6 Å². The van der Waals surface area contributed by atoms with Gasteiger partial charge in [-0.3, -0.25) is 0 Å². The predicted molar refractivity (Wildman–Crippen MR) is 186 cm³/mol. The van der Waals surface area contributed by atoms with Crippen LogP contribution < -0.4 is 9.64 Å². The minimum atomic E-state index is -1.97. The maximum absolute atomic E-state index is 12.7. The van der Waals surface area contributed by atoms with Crippen LogP contribution in [0.3, 0.4) is 0 Å². The number of carbonyl (C=O) groups is 1. The first-order valence-corrected chi connectivity index (χ1v) is 20.4. The van der Waals surface area contributed by atoms with E-state index in [-0.39, 0.29) is 22.5 Å². The van der Waals surface area contributed by atoms with E-state index in [4.69, 9.17) is 25.5 Å². The van der Waals surface area contributed by atoms with Crippen LogP contribution in [-0.4, -0.2) is 47.2 Å². The number of rotatable bonds is 7. The van der Waals surface area contributed by atoms with Gasteiger partial charge in [-0.1, -0.05) is 50.6 Å². The summed E-state index contributed by atoms with van der Waals surface area (Å²) in [5.41, 5.74) is 4.12. The van der Waals surface area contributed by atoms with Crippen LogP contribution in [0.2, 0.25) is 23.2 Å². The van der Waals surface area contributed by atoms with Gasteiger partial charge in [0, 0.05) is 29.4 Å². The summed E-state index contributed by atoms with van der Waals surface area (Å²) in [6.45, 7) is 14.3. The number of hydrogen-bond donors (Lipinski definition) is 0. The molecule has 0 aromatic heterocycles. The lowest BCUT2D eigenvalue weighted by Crippen LogP contribution is -2.54. The van der Waals surface area contributed by atoms with Crippen LogP contribution in [0.25, 0.3) is 0 Å². The molecule has 4 aliphatic rings. The van der Waals surface area contributed by atoms with Crippen LogP contribution in [0.1, 0.15) is 87.2 Å². The zero-order valence-corrected chi connectivity index (χ0v) is 29.9. The number of carbonyl (C=O) groups excluding carboxylic acids is 1. The summed E-state index contributed by atoms with van der Waals surface area (Å²) in [5, 5.41) is 0.961. The highest BCUT2D eigenvalue weighted by Crippen LogP contribution is 2.49. The number of ether oxygens (including phenoxy) is 2. The van der Waals surface area contributed by atoms with Crippen molar-refractivity contribution in [2.75, 3.05) is 31.7 Å². The molecule has 0 saturated heterocycles. The Morgan fingerprint density at radius 2 is 1.96 bits per heavy atom. The molecule has 7 heteroatoms. The van der Waals surface area contributed by atoms with Gasteiger partial charge in [0.25, 0.3) is 0 Å². The smallest absolute Gasteiger partial charge is 0.337 e. The van der Waals surface area contributed by atoms with E-state index in [0.717, 1.165) is 48.8 Å². The Hall–Kier alpha value is -2.28. The summed E-state index contributed by atoms with van der Waals surface area (Å²) in [7, 11) is -0.528. The minimum Gasteiger partial charge on any atom is -0.490 e. The molecule has 6 rings (SSSR count). The molecule has 1 fully saturated rings. The van der Waals surface area contributed by atoms with E-state index in [2.05, 4.69) is 63.0 Å². The van der Waals surface area contributed by atoms with Gasteiger partial charge in [-0.15, -0.1) is 0 Å². The van der Waals surface area contributed by atoms with Crippen molar-refractivity contribution in [3.63, 3.8) is 0 Å². The highest BCUT2D eigenvalue weighted by molar-refractivity contribution is 6.74. The molecule has 0 radical (unpaired) electrons. The molecule has 45 heavy (non-hydrogen) atoms. The topological polar surface area (TPSA) is 48.0 Å². The quantitative estimate of drug-likeness (QED) is 0.170. The van der Waals surface area contributed by atoms with E-state index in [1.54, 1.807) is 0 Å². The molecule has 1 heterocycles. The molecule has 0 bridgehead atoms. The normalized spacial score (nSPS) is 27.1. The number of aryl methyl sites for hydroxylation is 1. The van der Waals surface area contributed by atoms with E-state index in [9.17, 15) is 4.79 Å². The van der Waals surface area contributed by atoms with Crippen molar-refractivity contribution >= 4 is 31.6 Å². The number of nitrogens with zero attached hydrogens (tertiary/aromatic N) is 1. The van der Waals surface area contributed by atoms with Gasteiger partial charge < -0.3 is 18.8 Å². The molecule has 1 aliphatic heterocycles. The molecular weight excluding hydrogens is 598 g/mol. The summed E-state index contributed by atoms with van der Waals surface area (Å²) in [4.78, 5) is 15.2. The fraction of sp³-hybridized carbons (Fsp3) is 0.605. The fourth-order valence-corrected chi connectivity index (χ4v) is 9.60. The molecule has 0 amide bonds. The number of esters is 1. The molecule has 5 nitrogen and oxygen atoms in total. The Balaban J connectivity index is 1.35. The highest BCUT2D eigenvalue weighted by atomic mass is 35.5. The monoisotopic (exact) mass is 649 g/mol. The third-order valence-electron chi connectivity index (χ3n) is 11.8. The van der Waals surface area contributed by atoms with Crippen molar-refractivity contribution in [2.45, 2.75) is 102 Å². The van der Waals surface area contributed by atoms with Gasteiger partial charge in [0.2, 0.25) is 0 Å². The lowest BCUT2D eigenvalue weighted by Gasteiger charge is -2.51. The van der Waals surface area contributed by atoms with Crippen molar-refractivity contribution in [1.82, 2.24) is 0 Å². The predicted octanol–water partition coefficient (Wildman–Crippen LogP) is 9.37. The van der Waals surface area contributed by atoms with Crippen LogP contribution in [0.15, 0.2) is 48.6 Å². The summed E-state index contributed by atoms with van der Waals surface area (Å²) in [6, 6.07) is 12.2. The molecule has 3 aliphatic carbocycles. The van der Waals surface area contributed by atoms with Gasteiger partial charge in [0.05, 0.1) is 31.1 Å². The first-order chi connectivity index (χ1) is 21.4. The summed E-state index contributed by atoms with van der Waals surface area (Å²) >= 11 is 6.48. The van der Waals surface area contributed by atoms with E-state index in [0.29, 0.717) is 29.9 Å². The lowest BCUT2D eigenvalue weighted by atomic mass is 9.66. The zero-order valence-electron chi connectivity index (χ0n) is 28.2. The first-order valence-electron chi connectivity index (χ1n) is 17.1. The van der Waals surface area contributed by atoms with Crippen LogP contribution in [-0.2, 0) is 21.0 Å². The average molecular weight is 650 g/mol. The Morgan fingerprint density at radius 3 is 2.64 bits per heavy atom. The van der Waals surface area contributed by atoms with Crippen molar-refractivity contribution < 1.29 is 18.7 Å². The fourth-order valence-electron chi connectivity index (χ4n) is 8.02. The van der Waals surface area contributed by atoms with Gasteiger partial charge in [0.1, 0.15) is 5.75 Å². The van der Waals surface area contributed by atoms with E-state index < -0.39 is 8.32 Å². The number of halogens is 1. The standard InChI is InChI=1S/C38H52ClNO4Si/c1-37(2,3)45(5,6)44-35(26-11-8-7-9-12-26)31-17-14-29(31)23-40-24-38(20-10-13-27-21-30(39)16-18-32(27)38)25-43-34-19-15-28(22-33(34)40)36(41)42-4/h8,11,15-16,18-19,21-22,26,29,31,35H,7,9-10,12-14,17,20,23-25H2,1-6H3/t26-,29-,31+,35-,38-/m0/s1. The maximum atomic E-state index is 12.7. The van der Waals surface area contributed by atoms with E-state index in [1.165, 1.54) is 50.3 Å². The van der Waals surface area contributed by atoms with Gasteiger partial charge >= 0.3 is 5.97 Å². The second-order valence-electron chi connectivity index (χ2n) is 15.6. The van der Waals surface area contributed by atoms with Crippen LogP contribution in [0, 0.1) is 17.8 Å². The summed E-state index contributed by atoms with van der Waals surface area (Å²) < 4.78 is 19.2. The van der Waals surface area contributed by atoms with Crippen molar-refractivity contribution in [1.29, 1.82) is 0 Å². The van der Waals surface area contributed by atoms with Crippen molar-refractivity contribution in [2.24, 2.45) is 17.8 Å². The Morgan fingerprint density at radius 1 is 1.13 bits per heavy atom. The molecule has 1 spiro atoms. The third kappa shape index (κ3) is 6.49. The molecule has 244 valence electrons. The number of allylic oxidation sites excluding steroid dienone is 1. The Bertz CT molecular complexity index is 1430. The minimum absolute atomic E-state index is 0.148. The first kappa shape index (κ1) is 32.6. The number of benzene rings is 2. The van der Waals surface area contributed by atoms with Gasteiger partial charge in [0.15, 0.2) is 8.32 Å². The van der Waals surface area contributed by atoms with E-state index >= 15 is 0 Å². The summed E-state index contributed by atoms with van der Waals surface area (Å²) in [6.07, 6.45) is 14.4. The SMILES string of the molecule is COC(=O)c1ccc2c(c1)N(C[C@@H]1CC[C@H]1[C@@H](O[Si](C)(C)C(C)(C)C)[C@H]1C=CCCC1)C[C@@]1(CCCc3cc(Cl)ccc31)CO2. The third-order valence-corrected chi connectivity index (χ3v) is 16.5. The second kappa shape index (κ2) is 12.7. The molecule has 5 atom stereocenters. The Labute approximate surface area is 276 Å².